The molecule has 1 rings (SSSR count). The Bertz CT molecular complexity index is 507. The molecule has 1 aromatic carbocycles. The van der Waals surface area contributed by atoms with E-state index in [4.69, 9.17) is 5.73 Å². The van der Waals surface area contributed by atoms with Gasteiger partial charge in [0.25, 0.3) is 0 Å². The molecule has 0 aliphatic rings. The lowest BCUT2D eigenvalue weighted by Crippen LogP contribution is -2.23. The van der Waals surface area contributed by atoms with Crippen LogP contribution in [0.2, 0.25) is 0 Å². The number of hydrogen-bond acceptors (Lipinski definition) is 4. The number of benzene rings is 1. The fourth-order valence-electron chi connectivity index (χ4n) is 1.78. The van der Waals surface area contributed by atoms with Crippen LogP contribution in [0, 0.1) is 5.41 Å². The molecule has 0 saturated heterocycles. The lowest BCUT2D eigenvalue weighted by atomic mass is 9.88. The molecular weight excluding hydrogens is 290 g/mol. The van der Waals surface area contributed by atoms with Crippen LogP contribution in [0.1, 0.15) is 33.1 Å². The lowest BCUT2D eigenvalue weighted by Gasteiger charge is -2.21. The van der Waals surface area contributed by atoms with Gasteiger partial charge < -0.3 is 5.73 Å². The minimum Gasteiger partial charge on any atom is -0.330 e. The van der Waals surface area contributed by atoms with Gasteiger partial charge in [-0.25, -0.2) is 8.42 Å². The highest BCUT2D eigenvalue weighted by Gasteiger charge is 2.14. The summed E-state index contributed by atoms with van der Waals surface area (Å²) in [5.41, 5.74) is 5.94. The Morgan fingerprint density at radius 2 is 1.75 bits per heavy atom. The monoisotopic (exact) mass is 315 g/mol. The van der Waals surface area contributed by atoms with Crippen molar-refractivity contribution in [2.24, 2.45) is 11.1 Å². The van der Waals surface area contributed by atoms with E-state index >= 15 is 0 Å². The summed E-state index contributed by atoms with van der Waals surface area (Å²) in [6.07, 6.45) is 4.71. The van der Waals surface area contributed by atoms with Crippen LogP contribution in [-0.4, -0.2) is 27.0 Å². The van der Waals surface area contributed by atoms with Gasteiger partial charge in [0.15, 0.2) is 9.84 Å². The highest BCUT2D eigenvalue weighted by Crippen LogP contribution is 2.25. The third kappa shape index (κ3) is 6.29. The molecule has 0 aliphatic heterocycles. The second kappa shape index (κ2) is 7.48. The maximum absolute atomic E-state index is 11.3. The van der Waals surface area contributed by atoms with Crippen LogP contribution in [0.4, 0.5) is 0 Å². The smallest absolute Gasteiger partial charge is 0.175 e. The molecule has 0 aromatic heterocycles. The van der Waals surface area contributed by atoms with Gasteiger partial charge in [-0.1, -0.05) is 20.3 Å². The first kappa shape index (κ1) is 17.5. The van der Waals surface area contributed by atoms with E-state index in [1.807, 2.05) is 12.1 Å². The van der Waals surface area contributed by atoms with E-state index in [0.29, 0.717) is 4.90 Å². The largest absolute Gasteiger partial charge is 0.330 e. The van der Waals surface area contributed by atoms with E-state index in [0.717, 1.165) is 30.0 Å². The molecule has 20 heavy (non-hydrogen) atoms. The summed E-state index contributed by atoms with van der Waals surface area (Å²) in [4.78, 5) is 1.50. The molecule has 0 spiro atoms. The molecule has 0 atom stereocenters. The molecule has 114 valence electrons. The minimum absolute atomic E-state index is 0.238. The second-order valence-corrected chi connectivity index (χ2v) is 9.10. The van der Waals surface area contributed by atoms with Crippen LogP contribution in [0.3, 0.4) is 0 Å². The summed E-state index contributed by atoms with van der Waals surface area (Å²) in [7, 11) is -3.09. The summed E-state index contributed by atoms with van der Waals surface area (Å²) in [6.45, 7) is 5.13. The third-order valence-electron chi connectivity index (χ3n) is 3.32. The number of sulfone groups is 1. The molecular formula is C15H25NO2S2. The zero-order valence-corrected chi connectivity index (χ0v) is 14.2. The summed E-state index contributed by atoms with van der Waals surface area (Å²) >= 11 is 1.77. The van der Waals surface area contributed by atoms with E-state index < -0.39 is 9.84 Å². The van der Waals surface area contributed by atoms with E-state index in [-0.39, 0.29) is 5.41 Å². The zero-order chi connectivity index (χ0) is 15.2. The second-order valence-electron chi connectivity index (χ2n) is 5.92. The lowest BCUT2D eigenvalue weighted by molar-refractivity contribution is 0.336. The highest BCUT2D eigenvalue weighted by molar-refractivity contribution is 7.99. The summed E-state index contributed by atoms with van der Waals surface area (Å²) < 4.78 is 22.7. The Labute approximate surface area is 127 Å². The fraction of sp³-hybridized carbons (Fsp3) is 0.600. The van der Waals surface area contributed by atoms with Gasteiger partial charge >= 0.3 is 0 Å². The van der Waals surface area contributed by atoms with Crippen LogP contribution in [0.5, 0.6) is 0 Å². The summed E-state index contributed by atoms with van der Waals surface area (Å²) in [6, 6.07) is 7.11. The molecule has 0 aliphatic carbocycles. The van der Waals surface area contributed by atoms with Crippen molar-refractivity contribution in [2.45, 2.75) is 42.9 Å². The van der Waals surface area contributed by atoms with Crippen molar-refractivity contribution in [2.75, 3.05) is 18.6 Å². The van der Waals surface area contributed by atoms with Crippen LogP contribution < -0.4 is 5.73 Å². The van der Waals surface area contributed by atoms with Crippen molar-refractivity contribution < 1.29 is 8.42 Å². The summed E-state index contributed by atoms with van der Waals surface area (Å²) in [5, 5.41) is 0. The number of unbranched alkanes of at least 4 members (excludes halogenated alkanes) is 1. The first-order chi connectivity index (χ1) is 9.24. The van der Waals surface area contributed by atoms with E-state index in [2.05, 4.69) is 13.8 Å². The molecule has 0 fully saturated rings. The molecule has 0 radical (unpaired) electrons. The zero-order valence-electron chi connectivity index (χ0n) is 12.6. The SMILES string of the molecule is CC(C)(CN)CCCCSc1ccc(S(C)(=O)=O)cc1. The number of rotatable bonds is 8. The molecule has 1 aromatic rings. The predicted octanol–water partition coefficient (Wildman–Crippen LogP) is 3.34. The molecule has 0 saturated carbocycles. The molecule has 5 heteroatoms. The molecule has 0 unspecified atom stereocenters. The van der Waals surface area contributed by atoms with Crippen molar-refractivity contribution in [1.29, 1.82) is 0 Å². The Morgan fingerprint density at radius 1 is 1.15 bits per heavy atom. The van der Waals surface area contributed by atoms with Crippen LogP contribution in [-0.2, 0) is 9.84 Å². The average molecular weight is 316 g/mol. The van der Waals surface area contributed by atoms with Gasteiger partial charge in [-0.2, -0.15) is 0 Å². The van der Waals surface area contributed by atoms with Gasteiger partial charge in [-0.05, 0) is 54.8 Å². The van der Waals surface area contributed by atoms with E-state index in [1.54, 1.807) is 23.9 Å². The van der Waals surface area contributed by atoms with Gasteiger partial charge in [0.2, 0.25) is 0 Å². The number of hydrogen-bond donors (Lipinski definition) is 1. The van der Waals surface area contributed by atoms with Crippen molar-refractivity contribution >= 4 is 21.6 Å². The van der Waals surface area contributed by atoms with Gasteiger partial charge in [0.1, 0.15) is 0 Å². The molecule has 3 nitrogen and oxygen atoms in total. The van der Waals surface area contributed by atoms with Crippen molar-refractivity contribution in [1.82, 2.24) is 0 Å². The van der Waals surface area contributed by atoms with Crippen molar-refractivity contribution in [3.8, 4) is 0 Å². The van der Waals surface area contributed by atoms with Crippen molar-refractivity contribution in [3.05, 3.63) is 24.3 Å². The number of nitrogens with two attached hydrogens (primary N) is 1. The highest BCUT2D eigenvalue weighted by atomic mass is 32.2. The average Bonchev–Trinajstić information content (AvgIpc) is 2.38. The molecule has 2 N–H and O–H groups in total. The van der Waals surface area contributed by atoms with Crippen LogP contribution in [0.25, 0.3) is 0 Å². The Balaban J connectivity index is 2.33. The predicted molar refractivity (Wildman–Crippen MR) is 87.0 cm³/mol. The maximum Gasteiger partial charge on any atom is 0.175 e. The third-order valence-corrected chi connectivity index (χ3v) is 5.55. The van der Waals surface area contributed by atoms with E-state index in [9.17, 15) is 8.42 Å². The standard InChI is InChI=1S/C15H25NO2S2/c1-15(2,12-16)10-4-5-11-19-13-6-8-14(9-7-13)20(3,17)18/h6-9H,4-5,10-12,16H2,1-3H3. The Kier molecular flexibility index (Phi) is 6.55. The quantitative estimate of drug-likeness (QED) is 0.590. The maximum atomic E-state index is 11.3. The van der Waals surface area contributed by atoms with Crippen molar-refractivity contribution in [3.63, 3.8) is 0 Å². The Hall–Kier alpha value is -0.520. The van der Waals surface area contributed by atoms with Gasteiger partial charge in [0, 0.05) is 11.2 Å². The van der Waals surface area contributed by atoms with Crippen LogP contribution >= 0.6 is 11.8 Å². The van der Waals surface area contributed by atoms with Gasteiger partial charge in [0.05, 0.1) is 4.90 Å². The molecule has 0 amide bonds. The number of thioether (sulfide) groups is 1. The Morgan fingerprint density at radius 3 is 2.25 bits per heavy atom. The van der Waals surface area contributed by atoms with E-state index in [1.165, 1.54) is 12.7 Å². The van der Waals surface area contributed by atoms with Gasteiger partial charge in [-0.3, -0.25) is 0 Å². The van der Waals surface area contributed by atoms with Crippen LogP contribution in [0.15, 0.2) is 34.1 Å². The normalized spacial score (nSPS) is 12.6. The summed E-state index contributed by atoms with van der Waals surface area (Å²) in [5.74, 6) is 1.05. The molecule has 0 bridgehead atoms. The fourth-order valence-corrected chi connectivity index (χ4v) is 3.32. The minimum atomic E-state index is -3.09. The first-order valence-corrected chi connectivity index (χ1v) is 9.75. The molecule has 0 heterocycles. The van der Waals surface area contributed by atoms with Gasteiger partial charge in [-0.15, -0.1) is 11.8 Å². The topological polar surface area (TPSA) is 60.2 Å². The first-order valence-electron chi connectivity index (χ1n) is 6.88.